The molecular weight excluding hydrogens is 262 g/mol. The Morgan fingerprint density at radius 2 is 1.93 bits per heavy atom. The quantitative estimate of drug-likeness (QED) is 0.325. The molecule has 0 aromatic carbocycles. The van der Waals surface area contributed by atoms with E-state index in [0.717, 1.165) is 0 Å². The molecule has 4 nitrogen and oxygen atoms in total. The topological polar surface area (TPSA) is 46.5 Å². The van der Waals surface area contributed by atoms with Crippen LogP contribution in [0.3, 0.4) is 0 Å². The summed E-state index contributed by atoms with van der Waals surface area (Å²) in [5.41, 5.74) is 0.414. The summed E-state index contributed by atoms with van der Waals surface area (Å²) in [5, 5.41) is 8.76. The Kier molecular flexibility index (Phi) is 8.90. The lowest BCUT2D eigenvalue weighted by molar-refractivity contribution is -0.890. The summed E-state index contributed by atoms with van der Waals surface area (Å²) in [5.74, 6) is -0.353. The monoisotopic (exact) mass is 281 g/mol. The highest BCUT2D eigenvalue weighted by atomic mass is 79.9. The molecule has 0 radical (unpaired) electrons. The highest BCUT2D eigenvalue weighted by Crippen LogP contribution is 1.97. The largest absolute Gasteiger partial charge is 1.00 e. The summed E-state index contributed by atoms with van der Waals surface area (Å²) in [6.07, 6.45) is 0. The Morgan fingerprint density at radius 1 is 1.40 bits per heavy atom. The minimum Gasteiger partial charge on any atom is -1.00 e. The SMILES string of the molecule is C=C(C)C(=O)OCC[N+](C)(C)CCO.[Br-]. The number of rotatable bonds is 6. The number of carbonyl (C=O) groups excluding carboxylic acids is 1. The third kappa shape index (κ3) is 8.59. The summed E-state index contributed by atoms with van der Waals surface area (Å²) in [7, 11) is 3.95. The van der Waals surface area contributed by atoms with Gasteiger partial charge in [-0.3, -0.25) is 0 Å². The van der Waals surface area contributed by atoms with Crippen molar-refractivity contribution in [3.8, 4) is 0 Å². The third-order valence-electron chi connectivity index (χ3n) is 1.98. The van der Waals surface area contributed by atoms with E-state index in [1.807, 2.05) is 14.1 Å². The Labute approximate surface area is 102 Å². The first-order valence-corrected chi connectivity index (χ1v) is 4.64. The molecule has 0 aromatic rings. The van der Waals surface area contributed by atoms with Gasteiger partial charge in [0.15, 0.2) is 0 Å². The van der Waals surface area contributed by atoms with Gasteiger partial charge in [0.05, 0.1) is 20.7 Å². The molecular formula is C10H20BrNO3. The van der Waals surface area contributed by atoms with Gasteiger partial charge in [-0.1, -0.05) is 6.58 Å². The van der Waals surface area contributed by atoms with Crippen LogP contribution < -0.4 is 17.0 Å². The highest BCUT2D eigenvalue weighted by Gasteiger charge is 2.14. The number of quaternary nitrogens is 1. The van der Waals surface area contributed by atoms with Crippen LogP contribution in [0.4, 0.5) is 0 Å². The van der Waals surface area contributed by atoms with Crippen molar-refractivity contribution in [3.05, 3.63) is 12.2 Å². The Bertz CT molecular complexity index is 217. The number of halogens is 1. The van der Waals surface area contributed by atoms with Gasteiger partial charge in [-0.2, -0.15) is 0 Å². The van der Waals surface area contributed by atoms with Crippen molar-refractivity contribution in [1.82, 2.24) is 0 Å². The number of hydrogen-bond acceptors (Lipinski definition) is 3. The number of ether oxygens (including phenoxy) is 1. The van der Waals surface area contributed by atoms with Gasteiger partial charge in [0.1, 0.15) is 19.7 Å². The molecule has 5 heteroatoms. The molecule has 90 valence electrons. The third-order valence-corrected chi connectivity index (χ3v) is 1.98. The van der Waals surface area contributed by atoms with E-state index >= 15 is 0 Å². The van der Waals surface area contributed by atoms with E-state index in [9.17, 15) is 4.79 Å². The van der Waals surface area contributed by atoms with Gasteiger partial charge in [0.25, 0.3) is 0 Å². The van der Waals surface area contributed by atoms with Crippen molar-refractivity contribution < 1.29 is 36.1 Å². The van der Waals surface area contributed by atoms with Crippen LogP contribution in [0.2, 0.25) is 0 Å². The molecule has 0 fully saturated rings. The Morgan fingerprint density at radius 3 is 2.33 bits per heavy atom. The van der Waals surface area contributed by atoms with Gasteiger partial charge in [0, 0.05) is 5.57 Å². The molecule has 0 rings (SSSR count). The zero-order valence-corrected chi connectivity index (χ0v) is 11.2. The molecule has 0 heterocycles. The first-order valence-electron chi connectivity index (χ1n) is 4.64. The maximum Gasteiger partial charge on any atom is 0.333 e. The summed E-state index contributed by atoms with van der Waals surface area (Å²) >= 11 is 0. The molecule has 0 bridgehead atoms. The van der Waals surface area contributed by atoms with Crippen molar-refractivity contribution >= 4 is 5.97 Å². The number of aliphatic hydroxyl groups is 1. The lowest BCUT2D eigenvalue weighted by atomic mass is 10.4. The molecule has 0 aliphatic heterocycles. The second-order valence-electron chi connectivity index (χ2n) is 4.02. The normalized spacial score (nSPS) is 10.4. The zero-order valence-electron chi connectivity index (χ0n) is 9.62. The average molecular weight is 282 g/mol. The van der Waals surface area contributed by atoms with Gasteiger partial charge < -0.3 is 31.3 Å². The lowest BCUT2D eigenvalue weighted by Gasteiger charge is -2.28. The van der Waals surface area contributed by atoms with Crippen molar-refractivity contribution in [2.75, 3.05) is 40.4 Å². The van der Waals surface area contributed by atoms with Crippen LogP contribution in [0, 0.1) is 0 Å². The minimum atomic E-state index is -0.353. The van der Waals surface area contributed by atoms with Crippen LogP contribution in [0.25, 0.3) is 0 Å². The standard InChI is InChI=1S/C10H20NO3.BrH/c1-9(2)10(13)14-8-6-11(3,4)5-7-12;/h12H,1,5-8H2,2-4H3;1H/q+1;/p-1. The maximum atomic E-state index is 11.0. The van der Waals surface area contributed by atoms with E-state index in [2.05, 4.69) is 6.58 Å². The molecule has 0 atom stereocenters. The first-order chi connectivity index (χ1) is 6.39. The smallest absolute Gasteiger partial charge is 0.333 e. The number of aliphatic hydroxyl groups excluding tert-OH is 1. The van der Waals surface area contributed by atoms with Crippen molar-refractivity contribution in [3.63, 3.8) is 0 Å². The van der Waals surface area contributed by atoms with Gasteiger partial charge in [0.2, 0.25) is 0 Å². The summed E-state index contributed by atoms with van der Waals surface area (Å²) < 4.78 is 5.59. The molecule has 0 saturated heterocycles. The second kappa shape index (κ2) is 7.84. The fourth-order valence-corrected chi connectivity index (χ4v) is 0.891. The molecule has 0 aliphatic carbocycles. The predicted molar refractivity (Wildman–Crippen MR) is 54.7 cm³/mol. The van der Waals surface area contributed by atoms with E-state index in [1.165, 1.54) is 0 Å². The molecule has 0 aromatic heterocycles. The van der Waals surface area contributed by atoms with E-state index < -0.39 is 0 Å². The van der Waals surface area contributed by atoms with Gasteiger partial charge in [-0.05, 0) is 6.92 Å². The molecule has 0 unspecified atom stereocenters. The molecule has 1 N–H and O–H groups in total. The number of carbonyl (C=O) groups is 1. The second-order valence-corrected chi connectivity index (χ2v) is 4.02. The zero-order chi connectivity index (χ0) is 11.2. The van der Waals surface area contributed by atoms with Gasteiger partial charge >= 0.3 is 5.97 Å². The molecule has 15 heavy (non-hydrogen) atoms. The van der Waals surface area contributed by atoms with Crippen LogP contribution in [0.15, 0.2) is 12.2 Å². The van der Waals surface area contributed by atoms with E-state index in [-0.39, 0.29) is 29.6 Å². The van der Waals surface area contributed by atoms with Crippen LogP contribution >= 0.6 is 0 Å². The summed E-state index contributed by atoms with van der Waals surface area (Å²) in [6, 6.07) is 0. The van der Waals surface area contributed by atoms with Crippen LogP contribution in [-0.2, 0) is 9.53 Å². The van der Waals surface area contributed by atoms with Crippen molar-refractivity contribution in [1.29, 1.82) is 0 Å². The number of nitrogens with zero attached hydrogens (tertiary/aromatic N) is 1. The van der Waals surface area contributed by atoms with Crippen molar-refractivity contribution in [2.45, 2.75) is 6.92 Å². The molecule has 0 saturated carbocycles. The first kappa shape index (κ1) is 17.0. The average Bonchev–Trinajstić information content (AvgIpc) is 2.03. The Balaban J connectivity index is 0. The molecule has 0 amide bonds. The lowest BCUT2D eigenvalue weighted by Crippen LogP contribution is -3.00. The van der Waals surface area contributed by atoms with Crippen LogP contribution in [0.5, 0.6) is 0 Å². The molecule has 0 spiro atoms. The minimum absolute atomic E-state index is 0. The summed E-state index contributed by atoms with van der Waals surface area (Å²) in [4.78, 5) is 11.0. The highest BCUT2D eigenvalue weighted by molar-refractivity contribution is 5.86. The predicted octanol–water partition coefficient (Wildman–Crippen LogP) is -2.82. The van der Waals surface area contributed by atoms with E-state index in [0.29, 0.717) is 29.8 Å². The van der Waals surface area contributed by atoms with E-state index in [1.54, 1.807) is 6.92 Å². The summed E-state index contributed by atoms with van der Waals surface area (Å²) in [6.45, 7) is 6.96. The maximum absolute atomic E-state index is 11.0. The van der Waals surface area contributed by atoms with Gasteiger partial charge in [-0.15, -0.1) is 0 Å². The number of esters is 1. The van der Waals surface area contributed by atoms with E-state index in [4.69, 9.17) is 9.84 Å². The Hall–Kier alpha value is -0.390. The van der Waals surface area contributed by atoms with Crippen LogP contribution in [-0.4, -0.2) is 56.0 Å². The number of likely N-dealkylation sites (N-methyl/N-ethyl adjacent to an activating group) is 1. The van der Waals surface area contributed by atoms with Crippen molar-refractivity contribution in [2.24, 2.45) is 0 Å². The number of hydrogen-bond donors (Lipinski definition) is 1. The fourth-order valence-electron chi connectivity index (χ4n) is 0.891. The molecule has 0 aliphatic rings. The van der Waals surface area contributed by atoms with Crippen LogP contribution in [0.1, 0.15) is 6.92 Å². The fraction of sp³-hybridized carbons (Fsp3) is 0.700. The van der Waals surface area contributed by atoms with Gasteiger partial charge in [-0.25, -0.2) is 4.79 Å².